The highest BCUT2D eigenvalue weighted by Crippen LogP contribution is 2.52. The fraction of sp³-hybridized carbons (Fsp3) is 0.556. The minimum Gasteiger partial charge on any atom is -0.497 e. The first-order valence-electron chi connectivity index (χ1n) is 8.29. The molecule has 2 aliphatic rings. The molecule has 1 fully saturated rings. The second-order valence-corrected chi connectivity index (χ2v) is 6.61. The minimum absolute atomic E-state index is 0.0751. The van der Waals surface area contributed by atoms with E-state index in [9.17, 15) is 14.7 Å². The largest absolute Gasteiger partial charge is 0.497 e. The summed E-state index contributed by atoms with van der Waals surface area (Å²) in [6, 6.07) is 5.47. The number of carbonyl (C=O) groups excluding carboxylic acids is 1. The molecule has 1 aromatic carbocycles. The number of hydrogen-bond donors (Lipinski definition) is 2. The second-order valence-electron chi connectivity index (χ2n) is 6.61. The van der Waals surface area contributed by atoms with Gasteiger partial charge < -0.3 is 19.9 Å². The van der Waals surface area contributed by atoms with Gasteiger partial charge in [0.2, 0.25) is 0 Å². The molecule has 1 aromatic rings. The van der Waals surface area contributed by atoms with E-state index in [2.05, 4.69) is 5.32 Å². The summed E-state index contributed by atoms with van der Waals surface area (Å²) in [5.41, 5.74) is 1.04. The van der Waals surface area contributed by atoms with Crippen molar-refractivity contribution in [2.75, 3.05) is 14.2 Å². The minimum atomic E-state index is -0.821. The fourth-order valence-electron chi connectivity index (χ4n) is 4.38. The van der Waals surface area contributed by atoms with Gasteiger partial charge in [-0.3, -0.25) is 4.79 Å². The molecule has 6 heteroatoms. The highest BCUT2D eigenvalue weighted by molar-refractivity contribution is 5.78. The van der Waals surface area contributed by atoms with Gasteiger partial charge in [-0.25, -0.2) is 4.79 Å². The third-order valence-electron chi connectivity index (χ3n) is 5.52. The van der Waals surface area contributed by atoms with Crippen molar-refractivity contribution in [2.24, 2.45) is 5.92 Å². The molecular weight excluding hydrogens is 310 g/mol. The molecule has 3 unspecified atom stereocenters. The predicted molar refractivity (Wildman–Crippen MR) is 87.2 cm³/mol. The van der Waals surface area contributed by atoms with E-state index in [-0.39, 0.29) is 5.92 Å². The van der Waals surface area contributed by atoms with Crippen LogP contribution in [-0.4, -0.2) is 31.4 Å². The van der Waals surface area contributed by atoms with Crippen LogP contribution >= 0.6 is 0 Å². The standard InChI is InChI=1S/C18H23NO5/c1-23-12-6-7-13-14(16(20)21)9-11-5-3-4-8-18(11,15(13)10-12)19-17(22)24-2/h6-7,10-11,14H,3-5,8-9H2,1-2H3,(H,19,22)(H,20,21). The summed E-state index contributed by atoms with van der Waals surface area (Å²) in [5, 5.41) is 12.7. The van der Waals surface area contributed by atoms with Gasteiger partial charge in [0.25, 0.3) is 0 Å². The lowest BCUT2D eigenvalue weighted by Gasteiger charge is -2.50. The summed E-state index contributed by atoms with van der Waals surface area (Å²) in [4.78, 5) is 23.8. The number of amides is 1. The monoisotopic (exact) mass is 333 g/mol. The first-order chi connectivity index (χ1) is 11.5. The van der Waals surface area contributed by atoms with Crippen LogP contribution in [0.25, 0.3) is 0 Å². The average molecular weight is 333 g/mol. The van der Waals surface area contributed by atoms with Crippen LogP contribution in [0.5, 0.6) is 5.75 Å². The molecule has 2 aliphatic carbocycles. The van der Waals surface area contributed by atoms with E-state index in [1.807, 2.05) is 12.1 Å². The summed E-state index contributed by atoms with van der Waals surface area (Å²) >= 11 is 0. The summed E-state index contributed by atoms with van der Waals surface area (Å²) < 4.78 is 10.2. The molecule has 0 bridgehead atoms. The molecule has 3 atom stereocenters. The number of nitrogens with one attached hydrogen (secondary N) is 1. The second kappa shape index (κ2) is 6.34. The fourth-order valence-corrected chi connectivity index (χ4v) is 4.38. The van der Waals surface area contributed by atoms with E-state index in [4.69, 9.17) is 9.47 Å². The van der Waals surface area contributed by atoms with Crippen molar-refractivity contribution < 1.29 is 24.2 Å². The summed E-state index contributed by atoms with van der Waals surface area (Å²) in [6.45, 7) is 0. The molecule has 24 heavy (non-hydrogen) atoms. The molecule has 3 rings (SSSR count). The van der Waals surface area contributed by atoms with Crippen molar-refractivity contribution in [1.82, 2.24) is 5.32 Å². The maximum absolute atomic E-state index is 12.0. The number of fused-ring (bicyclic) bond motifs is 3. The first kappa shape index (κ1) is 16.6. The molecule has 130 valence electrons. The lowest BCUT2D eigenvalue weighted by atomic mass is 9.60. The third-order valence-corrected chi connectivity index (χ3v) is 5.52. The molecule has 2 N–H and O–H groups in total. The molecule has 0 heterocycles. The van der Waals surface area contributed by atoms with Crippen LogP contribution in [-0.2, 0) is 15.1 Å². The van der Waals surface area contributed by atoms with Crippen LogP contribution in [0.15, 0.2) is 18.2 Å². The van der Waals surface area contributed by atoms with E-state index in [0.717, 1.165) is 36.8 Å². The molecule has 0 radical (unpaired) electrons. The number of alkyl carbamates (subject to hydrolysis) is 1. The number of methoxy groups -OCH3 is 2. The quantitative estimate of drug-likeness (QED) is 0.888. The Hall–Kier alpha value is -2.24. The number of aliphatic carboxylic acids is 1. The Bertz CT molecular complexity index is 659. The maximum atomic E-state index is 12.0. The Morgan fingerprint density at radius 1 is 1.29 bits per heavy atom. The number of ether oxygens (including phenoxy) is 2. The van der Waals surface area contributed by atoms with Crippen molar-refractivity contribution >= 4 is 12.1 Å². The van der Waals surface area contributed by atoms with Crippen LogP contribution in [0, 0.1) is 5.92 Å². The Balaban J connectivity index is 2.17. The predicted octanol–water partition coefficient (Wildman–Crippen LogP) is 3.01. The van der Waals surface area contributed by atoms with Crippen LogP contribution in [0.3, 0.4) is 0 Å². The lowest BCUT2D eigenvalue weighted by Crippen LogP contribution is -2.55. The van der Waals surface area contributed by atoms with Gasteiger partial charge >= 0.3 is 12.1 Å². The van der Waals surface area contributed by atoms with E-state index < -0.39 is 23.5 Å². The van der Waals surface area contributed by atoms with Gasteiger partial charge in [-0.1, -0.05) is 18.9 Å². The van der Waals surface area contributed by atoms with Gasteiger partial charge in [-0.15, -0.1) is 0 Å². The first-order valence-corrected chi connectivity index (χ1v) is 8.29. The average Bonchev–Trinajstić information content (AvgIpc) is 2.60. The number of rotatable bonds is 3. The Morgan fingerprint density at radius 2 is 2.08 bits per heavy atom. The van der Waals surface area contributed by atoms with E-state index >= 15 is 0 Å². The van der Waals surface area contributed by atoms with E-state index in [0.29, 0.717) is 12.2 Å². The zero-order chi connectivity index (χ0) is 17.3. The summed E-state index contributed by atoms with van der Waals surface area (Å²) in [5.74, 6) is -0.638. The van der Waals surface area contributed by atoms with Crippen molar-refractivity contribution in [3.8, 4) is 5.75 Å². The number of carbonyl (C=O) groups is 2. The van der Waals surface area contributed by atoms with Gasteiger partial charge in [0.15, 0.2) is 0 Å². The molecule has 0 saturated heterocycles. The van der Waals surface area contributed by atoms with Gasteiger partial charge in [-0.05, 0) is 48.4 Å². The summed E-state index contributed by atoms with van der Waals surface area (Å²) in [7, 11) is 2.93. The maximum Gasteiger partial charge on any atom is 0.407 e. The Labute approximate surface area is 141 Å². The van der Waals surface area contributed by atoms with Crippen molar-refractivity contribution in [3.05, 3.63) is 29.3 Å². The number of benzene rings is 1. The Kier molecular flexibility index (Phi) is 4.39. The van der Waals surface area contributed by atoms with Gasteiger partial charge in [-0.2, -0.15) is 0 Å². The normalized spacial score (nSPS) is 28.2. The van der Waals surface area contributed by atoms with Crippen molar-refractivity contribution in [3.63, 3.8) is 0 Å². The highest BCUT2D eigenvalue weighted by Gasteiger charge is 2.50. The van der Waals surface area contributed by atoms with Crippen molar-refractivity contribution in [2.45, 2.75) is 43.6 Å². The van der Waals surface area contributed by atoms with E-state index in [1.165, 1.54) is 7.11 Å². The molecule has 0 aromatic heterocycles. The smallest absolute Gasteiger partial charge is 0.407 e. The van der Waals surface area contributed by atoms with Crippen LogP contribution in [0.1, 0.15) is 49.1 Å². The molecule has 0 spiro atoms. The molecule has 6 nitrogen and oxygen atoms in total. The zero-order valence-electron chi connectivity index (χ0n) is 14.0. The molecule has 0 aliphatic heterocycles. The third kappa shape index (κ3) is 2.60. The highest BCUT2D eigenvalue weighted by atomic mass is 16.5. The van der Waals surface area contributed by atoms with Gasteiger partial charge in [0.05, 0.1) is 25.7 Å². The zero-order valence-corrected chi connectivity index (χ0v) is 14.0. The van der Waals surface area contributed by atoms with Crippen molar-refractivity contribution in [1.29, 1.82) is 0 Å². The molecule has 1 amide bonds. The number of carboxylic acids is 1. The number of carboxylic acid groups (broad SMARTS) is 1. The number of hydrogen-bond acceptors (Lipinski definition) is 4. The SMILES string of the molecule is COC(=O)NC12CCCCC1CC(C(=O)O)c1ccc(OC)cc12. The van der Waals surface area contributed by atoms with Gasteiger partial charge in [0, 0.05) is 0 Å². The van der Waals surface area contributed by atoms with Crippen LogP contribution in [0.2, 0.25) is 0 Å². The lowest BCUT2D eigenvalue weighted by molar-refractivity contribution is -0.140. The molecular formula is C18H23NO5. The van der Waals surface area contributed by atoms with Gasteiger partial charge in [0.1, 0.15) is 5.75 Å². The Morgan fingerprint density at radius 3 is 2.75 bits per heavy atom. The topological polar surface area (TPSA) is 84.9 Å². The molecule has 1 saturated carbocycles. The van der Waals surface area contributed by atoms with Crippen LogP contribution < -0.4 is 10.1 Å². The van der Waals surface area contributed by atoms with E-state index in [1.54, 1.807) is 13.2 Å². The van der Waals surface area contributed by atoms with Crippen LogP contribution in [0.4, 0.5) is 4.79 Å². The summed E-state index contributed by atoms with van der Waals surface area (Å²) in [6.07, 6.45) is 3.74.